The number of benzene rings is 2. The van der Waals surface area contributed by atoms with Crippen LogP contribution in [0.25, 0.3) is 0 Å². The van der Waals surface area contributed by atoms with Crippen LogP contribution >= 0.6 is 0 Å². The number of halogens is 3. The maximum Gasteiger partial charge on any atom is 0.416 e. The highest BCUT2D eigenvalue weighted by molar-refractivity contribution is 5.60. The highest BCUT2D eigenvalue weighted by Crippen LogP contribution is 2.54. The maximum atomic E-state index is 13.3. The van der Waals surface area contributed by atoms with Gasteiger partial charge in [0, 0.05) is 17.6 Å². The highest BCUT2D eigenvalue weighted by Gasteiger charge is 2.47. The number of alkyl halides is 3. The summed E-state index contributed by atoms with van der Waals surface area (Å²) in [6, 6.07) is 14.8. The van der Waals surface area contributed by atoms with Crippen molar-refractivity contribution in [1.82, 2.24) is 4.90 Å². The number of hydrogen-bond acceptors (Lipinski definition) is 2. The van der Waals surface area contributed by atoms with E-state index in [-0.39, 0.29) is 18.0 Å². The summed E-state index contributed by atoms with van der Waals surface area (Å²) in [6.45, 7) is 0. The van der Waals surface area contributed by atoms with Crippen LogP contribution in [0, 0.1) is 5.92 Å². The first-order valence-corrected chi connectivity index (χ1v) is 9.05. The Labute approximate surface area is 152 Å². The molecule has 1 unspecified atom stereocenters. The van der Waals surface area contributed by atoms with E-state index in [1.807, 2.05) is 32.3 Å². The molecule has 0 amide bonds. The average molecular weight is 360 g/mol. The Balaban J connectivity index is 1.82. The van der Waals surface area contributed by atoms with Crippen LogP contribution in [0.2, 0.25) is 0 Å². The molecule has 2 aliphatic rings. The van der Waals surface area contributed by atoms with Crippen LogP contribution in [0.3, 0.4) is 0 Å². The molecule has 4 rings (SSSR count). The molecule has 0 bridgehead atoms. The van der Waals surface area contributed by atoms with Gasteiger partial charge in [-0.3, -0.25) is 0 Å². The van der Waals surface area contributed by atoms with Gasteiger partial charge in [-0.1, -0.05) is 30.3 Å². The molecular formula is C21H23F3N2. The van der Waals surface area contributed by atoms with Crippen LogP contribution in [0.15, 0.2) is 48.5 Å². The predicted octanol–water partition coefficient (Wildman–Crippen LogP) is 5.30. The molecule has 0 saturated heterocycles. The van der Waals surface area contributed by atoms with Crippen LogP contribution in [-0.4, -0.2) is 25.0 Å². The van der Waals surface area contributed by atoms with Crippen molar-refractivity contribution in [2.24, 2.45) is 5.92 Å². The monoisotopic (exact) mass is 360 g/mol. The minimum Gasteiger partial charge on any atom is -0.378 e. The quantitative estimate of drug-likeness (QED) is 0.782. The molecule has 2 aromatic rings. The fourth-order valence-corrected chi connectivity index (χ4v) is 4.81. The molecule has 1 aliphatic heterocycles. The summed E-state index contributed by atoms with van der Waals surface area (Å²) in [4.78, 5) is 2.17. The molecule has 1 saturated carbocycles. The van der Waals surface area contributed by atoms with E-state index in [1.54, 1.807) is 6.07 Å². The molecule has 1 N–H and O–H groups in total. The average Bonchev–Trinajstić information content (AvgIpc) is 3.06. The van der Waals surface area contributed by atoms with Crippen molar-refractivity contribution < 1.29 is 13.2 Å². The lowest BCUT2D eigenvalue weighted by molar-refractivity contribution is -0.137. The second kappa shape index (κ2) is 6.31. The number of nitrogens with one attached hydrogen (secondary N) is 1. The van der Waals surface area contributed by atoms with Gasteiger partial charge in [0.1, 0.15) is 0 Å². The van der Waals surface area contributed by atoms with Crippen LogP contribution in [0.1, 0.15) is 41.5 Å². The fraction of sp³-hybridized carbons (Fsp3) is 0.429. The van der Waals surface area contributed by atoms with E-state index in [0.29, 0.717) is 5.92 Å². The lowest BCUT2D eigenvalue weighted by atomic mass is 9.75. The fourth-order valence-electron chi connectivity index (χ4n) is 4.81. The van der Waals surface area contributed by atoms with Crippen LogP contribution in [-0.2, 0) is 6.18 Å². The van der Waals surface area contributed by atoms with E-state index < -0.39 is 11.7 Å². The molecule has 1 aliphatic carbocycles. The summed E-state index contributed by atoms with van der Waals surface area (Å²) in [5.74, 6) is 0.398. The van der Waals surface area contributed by atoms with Crippen molar-refractivity contribution in [3.63, 3.8) is 0 Å². The molecule has 0 spiro atoms. The van der Waals surface area contributed by atoms with Gasteiger partial charge in [0.25, 0.3) is 0 Å². The van der Waals surface area contributed by atoms with Gasteiger partial charge in [0.15, 0.2) is 0 Å². The summed E-state index contributed by atoms with van der Waals surface area (Å²) in [7, 11) is 4.06. The number of likely N-dealkylation sites (N-methyl/N-ethyl adjacent to an activating group) is 1. The lowest BCUT2D eigenvalue weighted by Gasteiger charge is -2.41. The highest BCUT2D eigenvalue weighted by atomic mass is 19.4. The number of nitrogens with zero attached hydrogens (tertiary/aromatic N) is 1. The van der Waals surface area contributed by atoms with E-state index in [2.05, 4.69) is 22.3 Å². The topological polar surface area (TPSA) is 15.3 Å². The Morgan fingerprint density at radius 2 is 1.73 bits per heavy atom. The van der Waals surface area contributed by atoms with Gasteiger partial charge in [0.05, 0.1) is 11.6 Å². The third-order valence-electron chi connectivity index (χ3n) is 5.97. The zero-order valence-corrected chi connectivity index (χ0v) is 14.9. The minimum absolute atomic E-state index is 0.105. The summed E-state index contributed by atoms with van der Waals surface area (Å²) in [5, 5.41) is 3.54. The Morgan fingerprint density at radius 1 is 1.00 bits per heavy atom. The van der Waals surface area contributed by atoms with Gasteiger partial charge in [0.2, 0.25) is 0 Å². The van der Waals surface area contributed by atoms with Crippen molar-refractivity contribution in [2.45, 2.75) is 37.0 Å². The van der Waals surface area contributed by atoms with E-state index in [1.165, 1.54) is 17.7 Å². The SMILES string of the molecule is CN(C)[C@H]1CC[C@@H]2C1c1cc(C(F)(F)F)ccc1N[C@@H]2c1ccccc1. The van der Waals surface area contributed by atoms with Crippen molar-refractivity contribution in [2.75, 3.05) is 19.4 Å². The van der Waals surface area contributed by atoms with Crippen LogP contribution in [0.4, 0.5) is 18.9 Å². The Morgan fingerprint density at radius 3 is 2.38 bits per heavy atom. The number of rotatable bonds is 2. The summed E-state index contributed by atoms with van der Waals surface area (Å²) < 4.78 is 39.8. The molecule has 138 valence electrons. The molecular weight excluding hydrogens is 337 g/mol. The predicted molar refractivity (Wildman–Crippen MR) is 97.2 cm³/mol. The van der Waals surface area contributed by atoms with Crippen molar-refractivity contribution in [3.8, 4) is 0 Å². The molecule has 26 heavy (non-hydrogen) atoms. The molecule has 5 heteroatoms. The number of hydrogen-bond donors (Lipinski definition) is 1. The zero-order chi connectivity index (χ0) is 18.5. The molecule has 1 fully saturated rings. The Bertz CT molecular complexity index is 786. The molecule has 1 heterocycles. The first-order chi connectivity index (χ1) is 12.4. The van der Waals surface area contributed by atoms with Crippen molar-refractivity contribution in [3.05, 3.63) is 65.2 Å². The van der Waals surface area contributed by atoms with E-state index in [0.717, 1.165) is 24.1 Å². The third kappa shape index (κ3) is 2.88. The van der Waals surface area contributed by atoms with Crippen LogP contribution in [0.5, 0.6) is 0 Å². The van der Waals surface area contributed by atoms with Crippen LogP contribution < -0.4 is 5.32 Å². The van der Waals surface area contributed by atoms with Gasteiger partial charge < -0.3 is 10.2 Å². The standard InChI is InChI=1S/C21H23F3N2/c1-26(2)18-11-9-15-19(18)16-12-14(21(22,23)24)8-10-17(16)25-20(15)13-6-4-3-5-7-13/h3-8,10,12,15,18-20,25H,9,11H2,1-2H3/t15-,18+,19?,20-/m1/s1. The first kappa shape index (κ1) is 17.4. The Hall–Kier alpha value is -2.01. The van der Waals surface area contributed by atoms with Gasteiger partial charge in [-0.2, -0.15) is 13.2 Å². The normalized spacial score (nSPS) is 27.8. The first-order valence-electron chi connectivity index (χ1n) is 9.05. The zero-order valence-electron chi connectivity index (χ0n) is 14.9. The van der Waals surface area contributed by atoms with Crippen molar-refractivity contribution >= 4 is 5.69 Å². The molecule has 4 atom stereocenters. The largest absolute Gasteiger partial charge is 0.416 e. The third-order valence-corrected chi connectivity index (χ3v) is 5.97. The number of fused-ring (bicyclic) bond motifs is 3. The van der Waals surface area contributed by atoms with E-state index in [4.69, 9.17) is 0 Å². The van der Waals surface area contributed by atoms with E-state index >= 15 is 0 Å². The van der Waals surface area contributed by atoms with Gasteiger partial charge in [-0.25, -0.2) is 0 Å². The molecule has 2 nitrogen and oxygen atoms in total. The Kier molecular flexibility index (Phi) is 4.22. The van der Waals surface area contributed by atoms with Gasteiger partial charge in [-0.15, -0.1) is 0 Å². The van der Waals surface area contributed by atoms with Gasteiger partial charge in [-0.05, 0) is 62.2 Å². The van der Waals surface area contributed by atoms with Crippen molar-refractivity contribution in [1.29, 1.82) is 0 Å². The lowest BCUT2D eigenvalue weighted by Crippen LogP contribution is -2.37. The van der Waals surface area contributed by atoms with E-state index in [9.17, 15) is 13.2 Å². The molecule has 2 aromatic carbocycles. The summed E-state index contributed by atoms with van der Waals surface area (Å²) in [5.41, 5.74) is 2.29. The second-order valence-electron chi connectivity index (χ2n) is 7.63. The number of anilines is 1. The maximum absolute atomic E-state index is 13.3. The van der Waals surface area contributed by atoms with Gasteiger partial charge >= 0.3 is 6.18 Å². The summed E-state index contributed by atoms with van der Waals surface area (Å²) >= 11 is 0. The second-order valence-corrected chi connectivity index (χ2v) is 7.63. The minimum atomic E-state index is -4.31. The molecule has 0 aromatic heterocycles. The smallest absolute Gasteiger partial charge is 0.378 e. The molecule has 0 radical (unpaired) electrons. The summed E-state index contributed by atoms with van der Waals surface area (Å²) in [6.07, 6.45) is -2.30.